The molecule has 0 fully saturated rings. The average Bonchev–Trinajstić information content (AvgIpc) is 2.23. The van der Waals surface area contributed by atoms with Gasteiger partial charge >= 0.3 is 7.75 Å². The first-order valence-electron chi connectivity index (χ1n) is 6.86. The smallest absolute Gasteiger partial charge is 0.433 e. The van der Waals surface area contributed by atoms with Crippen LogP contribution in [0.1, 0.15) is 41.5 Å². The Morgan fingerprint density at radius 1 is 1.00 bits per heavy atom. The normalized spacial score (nSPS) is 13.1. The molecule has 6 heteroatoms. The van der Waals surface area contributed by atoms with Crippen molar-refractivity contribution < 1.29 is 18.3 Å². The Labute approximate surface area is 127 Å². The molecular weight excluding hydrogens is 289 g/mol. The van der Waals surface area contributed by atoms with Gasteiger partial charge in [-0.15, -0.1) is 0 Å². The van der Waals surface area contributed by atoms with Crippen LogP contribution in [0.3, 0.4) is 0 Å². The highest BCUT2D eigenvalue weighted by molar-refractivity contribution is 7.55. The number of methoxy groups -OCH3 is 1. The van der Waals surface area contributed by atoms with E-state index in [9.17, 15) is 4.57 Å². The predicted molar refractivity (Wildman–Crippen MR) is 85.9 cm³/mol. The van der Waals surface area contributed by atoms with Gasteiger partial charge in [-0.1, -0.05) is 6.07 Å². The fourth-order valence-electron chi connectivity index (χ4n) is 1.64. The second kappa shape index (κ2) is 6.39. The highest BCUT2D eigenvalue weighted by Crippen LogP contribution is 2.54. The zero-order valence-corrected chi connectivity index (χ0v) is 14.8. The summed E-state index contributed by atoms with van der Waals surface area (Å²) in [5.41, 5.74) is -0.592. The fraction of sp³-hybridized carbons (Fsp3) is 0.600. The van der Waals surface area contributed by atoms with Crippen molar-refractivity contribution in [1.82, 2.24) is 0 Å². The molecule has 0 aliphatic rings. The zero-order chi connectivity index (χ0) is 16.3. The van der Waals surface area contributed by atoms with Gasteiger partial charge in [0.05, 0.1) is 18.3 Å². The van der Waals surface area contributed by atoms with Crippen molar-refractivity contribution in [2.75, 3.05) is 12.2 Å². The standard InChI is InChI=1S/C15H26NO4P/c1-14(2,3)19-21(17,20-15(4,5)6)16-12-9-8-10-13(11-12)18-7/h8-11H,1-7H3,(H,16,17). The van der Waals surface area contributed by atoms with Gasteiger partial charge in [0, 0.05) is 11.8 Å². The Balaban J connectivity index is 3.04. The van der Waals surface area contributed by atoms with Gasteiger partial charge in [0.1, 0.15) is 5.75 Å². The summed E-state index contributed by atoms with van der Waals surface area (Å²) in [5, 5.41) is 2.87. The second-order valence-corrected chi connectivity index (χ2v) is 8.33. The molecule has 5 nitrogen and oxygen atoms in total. The van der Waals surface area contributed by atoms with E-state index in [1.165, 1.54) is 0 Å². The summed E-state index contributed by atoms with van der Waals surface area (Å²) in [7, 11) is -1.94. The Hall–Kier alpha value is -1.03. The number of hydrogen-bond donors (Lipinski definition) is 1. The second-order valence-electron chi connectivity index (χ2n) is 6.75. The molecule has 0 amide bonds. The van der Waals surface area contributed by atoms with Crippen molar-refractivity contribution in [3.05, 3.63) is 24.3 Å². The van der Waals surface area contributed by atoms with E-state index in [1.807, 2.05) is 47.6 Å². The van der Waals surface area contributed by atoms with Gasteiger partial charge in [-0.3, -0.25) is 14.1 Å². The predicted octanol–water partition coefficient (Wildman–Crippen LogP) is 4.85. The summed E-state index contributed by atoms with van der Waals surface area (Å²) in [5.74, 6) is 0.665. The molecule has 1 N–H and O–H groups in total. The Kier molecular flexibility index (Phi) is 5.48. The number of hydrogen-bond acceptors (Lipinski definition) is 4. The molecule has 0 saturated heterocycles. The van der Waals surface area contributed by atoms with Gasteiger partial charge in [-0.2, -0.15) is 0 Å². The third-order valence-electron chi connectivity index (χ3n) is 2.12. The maximum Gasteiger partial charge on any atom is 0.433 e. The number of ether oxygens (including phenoxy) is 1. The first kappa shape index (κ1) is 18.0. The molecule has 1 aromatic carbocycles. The first-order chi connectivity index (χ1) is 9.42. The number of anilines is 1. The zero-order valence-electron chi connectivity index (χ0n) is 13.9. The van der Waals surface area contributed by atoms with Crippen LogP contribution < -0.4 is 9.82 Å². The minimum Gasteiger partial charge on any atom is -0.497 e. The van der Waals surface area contributed by atoms with Crippen LogP contribution in [0.5, 0.6) is 5.75 Å². The fourth-order valence-corrected chi connectivity index (χ4v) is 3.66. The SMILES string of the molecule is COc1cccc(NP(=O)(OC(C)(C)C)OC(C)(C)C)c1. The average molecular weight is 315 g/mol. The van der Waals surface area contributed by atoms with E-state index in [-0.39, 0.29) is 0 Å². The molecule has 0 unspecified atom stereocenters. The topological polar surface area (TPSA) is 56.8 Å². The number of benzene rings is 1. The molecule has 0 aromatic heterocycles. The lowest BCUT2D eigenvalue weighted by Crippen LogP contribution is -2.26. The van der Waals surface area contributed by atoms with Crippen LogP contribution in [0.15, 0.2) is 24.3 Å². The first-order valence-corrected chi connectivity index (χ1v) is 8.41. The Morgan fingerprint density at radius 2 is 1.52 bits per heavy atom. The van der Waals surface area contributed by atoms with Gasteiger partial charge < -0.3 is 4.74 Å². The number of nitrogens with one attached hydrogen (secondary N) is 1. The van der Waals surface area contributed by atoms with Crippen LogP contribution in [0.2, 0.25) is 0 Å². The van der Waals surface area contributed by atoms with Crippen molar-refractivity contribution in [3.63, 3.8) is 0 Å². The van der Waals surface area contributed by atoms with E-state index < -0.39 is 18.9 Å². The molecule has 0 radical (unpaired) electrons. The molecule has 0 aliphatic carbocycles. The van der Waals surface area contributed by atoms with E-state index in [0.29, 0.717) is 11.4 Å². The largest absolute Gasteiger partial charge is 0.497 e. The summed E-state index contributed by atoms with van der Waals surface area (Å²) in [6.45, 7) is 11.0. The number of rotatable bonds is 5. The van der Waals surface area contributed by atoms with Crippen molar-refractivity contribution >= 4 is 13.4 Å². The minimum absolute atomic E-state index is 0.605. The summed E-state index contributed by atoms with van der Waals surface area (Å²) < 4.78 is 29.5. The summed E-state index contributed by atoms with van der Waals surface area (Å²) in [6, 6.07) is 7.14. The lowest BCUT2D eigenvalue weighted by atomic mass is 10.2. The molecule has 0 heterocycles. The van der Waals surface area contributed by atoms with E-state index in [2.05, 4.69) is 5.09 Å². The van der Waals surface area contributed by atoms with Crippen molar-refractivity contribution in [2.24, 2.45) is 0 Å². The third kappa shape index (κ3) is 6.98. The highest BCUT2D eigenvalue weighted by Gasteiger charge is 2.35. The maximum atomic E-state index is 13.0. The van der Waals surface area contributed by atoms with E-state index in [4.69, 9.17) is 13.8 Å². The van der Waals surface area contributed by atoms with Crippen molar-refractivity contribution in [1.29, 1.82) is 0 Å². The van der Waals surface area contributed by atoms with E-state index in [0.717, 1.165) is 0 Å². The van der Waals surface area contributed by atoms with Crippen LogP contribution in [0, 0.1) is 0 Å². The molecule has 0 atom stereocenters. The van der Waals surface area contributed by atoms with Crippen LogP contribution >= 0.6 is 7.75 Å². The monoisotopic (exact) mass is 315 g/mol. The molecule has 1 aromatic rings. The van der Waals surface area contributed by atoms with Crippen LogP contribution in [-0.4, -0.2) is 18.3 Å². The maximum absolute atomic E-state index is 13.0. The van der Waals surface area contributed by atoms with Gasteiger partial charge in [0.2, 0.25) is 0 Å². The van der Waals surface area contributed by atoms with E-state index >= 15 is 0 Å². The van der Waals surface area contributed by atoms with Crippen molar-refractivity contribution in [3.8, 4) is 5.75 Å². The highest BCUT2D eigenvalue weighted by atomic mass is 31.2. The van der Waals surface area contributed by atoms with E-state index in [1.54, 1.807) is 25.3 Å². The summed E-state index contributed by atoms with van der Waals surface area (Å²) in [4.78, 5) is 0. The molecular formula is C15H26NO4P. The van der Waals surface area contributed by atoms with Gasteiger partial charge in [-0.25, -0.2) is 4.57 Å². The van der Waals surface area contributed by atoms with Gasteiger partial charge in [-0.05, 0) is 53.7 Å². The molecule has 120 valence electrons. The molecule has 0 bridgehead atoms. The lowest BCUT2D eigenvalue weighted by Gasteiger charge is -2.32. The quantitative estimate of drug-likeness (QED) is 0.787. The lowest BCUT2D eigenvalue weighted by molar-refractivity contribution is 0.0519. The minimum atomic E-state index is -3.52. The molecule has 1 rings (SSSR count). The van der Waals surface area contributed by atoms with Crippen LogP contribution in [0.4, 0.5) is 5.69 Å². The van der Waals surface area contributed by atoms with Crippen LogP contribution in [0.25, 0.3) is 0 Å². The molecule has 0 spiro atoms. The van der Waals surface area contributed by atoms with Gasteiger partial charge in [0.15, 0.2) is 0 Å². The molecule has 21 heavy (non-hydrogen) atoms. The van der Waals surface area contributed by atoms with Crippen molar-refractivity contribution in [2.45, 2.75) is 52.7 Å². The third-order valence-corrected chi connectivity index (χ3v) is 4.23. The molecule has 0 saturated carbocycles. The van der Waals surface area contributed by atoms with Gasteiger partial charge in [0.25, 0.3) is 0 Å². The molecule has 0 aliphatic heterocycles. The summed E-state index contributed by atoms with van der Waals surface area (Å²) >= 11 is 0. The Bertz CT molecular complexity index is 497. The Morgan fingerprint density at radius 3 is 1.95 bits per heavy atom. The van der Waals surface area contributed by atoms with Crippen LogP contribution in [-0.2, 0) is 13.6 Å². The summed E-state index contributed by atoms with van der Waals surface area (Å²) in [6.07, 6.45) is 0.